The maximum atomic E-state index is 6.12. The van der Waals surface area contributed by atoms with E-state index in [1.54, 1.807) is 12.3 Å². The lowest BCUT2D eigenvalue weighted by molar-refractivity contribution is 0.0618. The highest BCUT2D eigenvalue weighted by molar-refractivity contribution is 6.42. The number of benzene rings is 1. The zero-order chi connectivity index (χ0) is 15.4. The van der Waals surface area contributed by atoms with Crippen LogP contribution in [-0.4, -0.2) is 41.7 Å². The van der Waals surface area contributed by atoms with Crippen molar-refractivity contribution in [3.8, 4) is 0 Å². The Morgan fingerprint density at radius 1 is 1.29 bits per heavy atom. The van der Waals surface area contributed by atoms with Crippen molar-refractivity contribution in [3.05, 3.63) is 52.0 Å². The average molecular weight is 328 g/mol. The van der Waals surface area contributed by atoms with Crippen molar-refractivity contribution >= 4 is 23.2 Å². The number of hydrogen-bond acceptors (Lipinski definition) is 3. The number of likely N-dealkylation sites (N-methyl/N-ethyl adjacent to an activating group) is 1. The summed E-state index contributed by atoms with van der Waals surface area (Å²) in [6.45, 7) is 1.44. The van der Waals surface area contributed by atoms with Crippen LogP contribution in [0.2, 0.25) is 10.0 Å². The van der Waals surface area contributed by atoms with Gasteiger partial charge in [0.1, 0.15) is 11.9 Å². The third kappa shape index (κ3) is 4.20. The van der Waals surface area contributed by atoms with Crippen molar-refractivity contribution in [1.82, 2.24) is 14.5 Å². The Balaban J connectivity index is 2.26. The highest BCUT2D eigenvalue weighted by Gasteiger charge is 2.20. The van der Waals surface area contributed by atoms with Gasteiger partial charge in [-0.05, 0) is 31.8 Å². The summed E-state index contributed by atoms with van der Waals surface area (Å²) in [5.74, 6) is 0.840. The highest BCUT2D eigenvalue weighted by Crippen LogP contribution is 2.30. The van der Waals surface area contributed by atoms with Gasteiger partial charge in [-0.25, -0.2) is 4.98 Å². The van der Waals surface area contributed by atoms with Gasteiger partial charge in [0.15, 0.2) is 0 Å². The maximum absolute atomic E-state index is 6.12. The van der Waals surface area contributed by atoms with E-state index in [1.165, 1.54) is 0 Å². The van der Waals surface area contributed by atoms with E-state index < -0.39 is 0 Å². The fraction of sp³-hybridized carbons (Fsp3) is 0.400. The Morgan fingerprint density at radius 2 is 2.05 bits per heavy atom. The zero-order valence-corrected chi connectivity index (χ0v) is 13.9. The number of halogens is 2. The van der Waals surface area contributed by atoms with Crippen molar-refractivity contribution in [2.24, 2.45) is 7.05 Å². The molecule has 0 aliphatic rings. The fourth-order valence-electron chi connectivity index (χ4n) is 1.98. The Bertz CT molecular complexity index is 598. The molecular formula is C15H19Cl2N3O. The molecule has 6 heteroatoms. The number of hydrogen-bond donors (Lipinski definition) is 0. The van der Waals surface area contributed by atoms with Crippen LogP contribution >= 0.6 is 23.2 Å². The summed E-state index contributed by atoms with van der Waals surface area (Å²) in [4.78, 5) is 6.46. The van der Waals surface area contributed by atoms with Crippen molar-refractivity contribution in [3.63, 3.8) is 0 Å². The van der Waals surface area contributed by atoms with E-state index in [0.717, 1.165) is 17.9 Å². The molecule has 0 radical (unpaired) electrons. The van der Waals surface area contributed by atoms with Crippen molar-refractivity contribution in [2.45, 2.75) is 6.10 Å². The standard InChI is InChI=1S/C15H19Cl2N3O/c1-19(2)8-9-21-14(15-18-6-7-20(15)3)11-4-5-12(16)13(17)10-11/h4-7,10,14H,8-9H2,1-3H3. The maximum Gasteiger partial charge on any atom is 0.142 e. The Labute approximate surface area is 135 Å². The first-order chi connectivity index (χ1) is 9.99. The smallest absolute Gasteiger partial charge is 0.142 e. The molecule has 0 bridgehead atoms. The number of rotatable bonds is 6. The molecular weight excluding hydrogens is 309 g/mol. The molecule has 0 fully saturated rings. The SMILES string of the molecule is CN(C)CCOC(c1ccc(Cl)c(Cl)c1)c1nccn1C. The topological polar surface area (TPSA) is 30.3 Å². The second-order valence-corrected chi connectivity index (χ2v) is 5.94. The van der Waals surface area contributed by atoms with Crippen LogP contribution in [0.4, 0.5) is 0 Å². The van der Waals surface area contributed by atoms with Crippen LogP contribution in [0.5, 0.6) is 0 Å². The lowest BCUT2D eigenvalue weighted by Gasteiger charge is -2.20. The monoisotopic (exact) mass is 327 g/mol. The predicted molar refractivity (Wildman–Crippen MR) is 86.0 cm³/mol. The van der Waals surface area contributed by atoms with E-state index in [-0.39, 0.29) is 6.10 Å². The molecule has 0 aliphatic heterocycles. The number of aromatic nitrogens is 2. The molecule has 0 amide bonds. The van der Waals surface area contributed by atoms with E-state index in [1.807, 2.05) is 44.0 Å². The molecule has 2 rings (SSSR count). The van der Waals surface area contributed by atoms with Gasteiger partial charge in [0.2, 0.25) is 0 Å². The molecule has 4 nitrogen and oxygen atoms in total. The van der Waals surface area contributed by atoms with Gasteiger partial charge in [0.25, 0.3) is 0 Å². The Kier molecular flexibility index (Phi) is 5.65. The molecule has 0 saturated carbocycles. The van der Waals surface area contributed by atoms with Gasteiger partial charge >= 0.3 is 0 Å². The van der Waals surface area contributed by atoms with Crippen LogP contribution < -0.4 is 0 Å². The summed E-state index contributed by atoms with van der Waals surface area (Å²) in [7, 11) is 5.97. The summed E-state index contributed by atoms with van der Waals surface area (Å²) in [5, 5.41) is 1.05. The number of nitrogens with zero attached hydrogens (tertiary/aromatic N) is 3. The fourth-order valence-corrected chi connectivity index (χ4v) is 2.28. The summed E-state index contributed by atoms with van der Waals surface area (Å²) in [5.41, 5.74) is 0.942. The van der Waals surface area contributed by atoms with Crippen molar-refractivity contribution < 1.29 is 4.74 Å². The minimum atomic E-state index is -0.264. The zero-order valence-electron chi connectivity index (χ0n) is 12.4. The molecule has 0 N–H and O–H groups in total. The molecule has 0 spiro atoms. The average Bonchev–Trinajstić information content (AvgIpc) is 2.84. The van der Waals surface area contributed by atoms with E-state index in [2.05, 4.69) is 9.88 Å². The number of imidazole rings is 1. The van der Waals surface area contributed by atoms with Gasteiger partial charge in [-0.2, -0.15) is 0 Å². The molecule has 21 heavy (non-hydrogen) atoms. The van der Waals surface area contributed by atoms with E-state index in [4.69, 9.17) is 27.9 Å². The lowest BCUT2D eigenvalue weighted by atomic mass is 10.1. The van der Waals surface area contributed by atoms with Crippen LogP contribution in [0, 0.1) is 0 Å². The molecule has 0 aliphatic carbocycles. The molecule has 1 unspecified atom stereocenters. The van der Waals surface area contributed by atoms with Gasteiger partial charge in [-0.15, -0.1) is 0 Å². The van der Waals surface area contributed by atoms with Crippen molar-refractivity contribution in [2.75, 3.05) is 27.2 Å². The first-order valence-corrected chi connectivity index (χ1v) is 7.43. The van der Waals surface area contributed by atoms with E-state index >= 15 is 0 Å². The van der Waals surface area contributed by atoms with Crippen molar-refractivity contribution in [1.29, 1.82) is 0 Å². The highest BCUT2D eigenvalue weighted by atomic mass is 35.5. The minimum Gasteiger partial charge on any atom is -0.364 e. The number of aryl methyl sites for hydroxylation is 1. The summed E-state index contributed by atoms with van der Waals surface area (Å²) >= 11 is 12.1. The second-order valence-electron chi connectivity index (χ2n) is 5.12. The van der Waals surface area contributed by atoms with Gasteiger partial charge in [-0.1, -0.05) is 29.3 Å². The molecule has 114 valence electrons. The molecule has 2 aromatic rings. The van der Waals surface area contributed by atoms with E-state index in [9.17, 15) is 0 Å². The summed E-state index contributed by atoms with van der Waals surface area (Å²) in [6.07, 6.45) is 3.39. The van der Waals surface area contributed by atoms with Crippen LogP contribution in [0.3, 0.4) is 0 Å². The summed E-state index contributed by atoms with van der Waals surface area (Å²) < 4.78 is 7.98. The van der Waals surface area contributed by atoms with Crippen LogP contribution in [-0.2, 0) is 11.8 Å². The third-order valence-electron chi connectivity index (χ3n) is 3.16. The first-order valence-electron chi connectivity index (χ1n) is 6.67. The lowest BCUT2D eigenvalue weighted by Crippen LogP contribution is -2.21. The Hall–Kier alpha value is -1.07. The predicted octanol–water partition coefficient (Wildman–Crippen LogP) is 3.39. The largest absolute Gasteiger partial charge is 0.364 e. The molecule has 0 saturated heterocycles. The summed E-state index contributed by atoms with van der Waals surface area (Å²) in [6, 6.07) is 5.53. The molecule has 1 atom stereocenters. The van der Waals surface area contributed by atoms with Crippen LogP contribution in [0.1, 0.15) is 17.5 Å². The quantitative estimate of drug-likeness (QED) is 0.814. The second kappa shape index (κ2) is 7.27. The molecule has 1 heterocycles. The molecule has 1 aromatic heterocycles. The van der Waals surface area contributed by atoms with Gasteiger partial charge in [0, 0.05) is 26.0 Å². The normalized spacial score (nSPS) is 12.9. The van der Waals surface area contributed by atoms with Crippen LogP contribution in [0.25, 0.3) is 0 Å². The first kappa shape index (κ1) is 16.3. The van der Waals surface area contributed by atoms with Gasteiger partial charge < -0.3 is 14.2 Å². The van der Waals surface area contributed by atoms with E-state index in [0.29, 0.717) is 16.7 Å². The van der Waals surface area contributed by atoms with Gasteiger partial charge in [-0.3, -0.25) is 0 Å². The van der Waals surface area contributed by atoms with Crippen LogP contribution in [0.15, 0.2) is 30.6 Å². The third-order valence-corrected chi connectivity index (χ3v) is 3.90. The number of ether oxygens (including phenoxy) is 1. The minimum absolute atomic E-state index is 0.264. The van der Waals surface area contributed by atoms with Gasteiger partial charge in [0.05, 0.1) is 16.7 Å². The molecule has 1 aromatic carbocycles. The Morgan fingerprint density at radius 3 is 2.62 bits per heavy atom.